The van der Waals surface area contributed by atoms with Gasteiger partial charge in [0.2, 0.25) is 5.91 Å². The molecular weight excluding hydrogens is 270 g/mol. The van der Waals surface area contributed by atoms with Crippen molar-refractivity contribution >= 4 is 5.91 Å². The summed E-state index contributed by atoms with van der Waals surface area (Å²) in [6, 6.07) is 16.9. The largest absolute Gasteiger partial charge is 0.349 e. The van der Waals surface area contributed by atoms with Crippen LogP contribution in [0.2, 0.25) is 0 Å². The van der Waals surface area contributed by atoms with E-state index in [1.807, 2.05) is 0 Å². The first-order valence-corrected chi connectivity index (χ1v) is 8.00. The number of carbonyl (C=O) groups excluding carboxylic acids is 1. The Balaban J connectivity index is 1.89. The number of hydrogen-bond donors (Lipinski definition) is 1. The maximum absolute atomic E-state index is 12.2. The van der Waals surface area contributed by atoms with Gasteiger partial charge in [-0.05, 0) is 37.8 Å². The molecule has 0 bridgehead atoms. The van der Waals surface area contributed by atoms with E-state index in [2.05, 4.69) is 74.6 Å². The van der Waals surface area contributed by atoms with Gasteiger partial charge in [-0.15, -0.1) is 0 Å². The van der Waals surface area contributed by atoms with E-state index in [1.54, 1.807) is 0 Å². The summed E-state index contributed by atoms with van der Waals surface area (Å²) in [6.45, 7) is 6.25. The third kappa shape index (κ3) is 4.73. The first kappa shape index (κ1) is 16.3. The normalized spacial score (nSPS) is 12.0. The van der Waals surface area contributed by atoms with Gasteiger partial charge in [-0.3, -0.25) is 4.79 Å². The van der Waals surface area contributed by atoms with Crippen molar-refractivity contribution < 1.29 is 4.79 Å². The van der Waals surface area contributed by atoms with Gasteiger partial charge in [-0.25, -0.2) is 0 Å². The van der Waals surface area contributed by atoms with Gasteiger partial charge in [0.25, 0.3) is 0 Å². The van der Waals surface area contributed by atoms with Crippen LogP contribution in [0.25, 0.3) is 0 Å². The highest BCUT2D eigenvalue weighted by Gasteiger charge is 2.12. The van der Waals surface area contributed by atoms with Crippen molar-refractivity contribution in [3.8, 4) is 0 Å². The Hall–Kier alpha value is -2.09. The second kappa shape index (κ2) is 7.79. The number of rotatable bonds is 6. The molecule has 2 heteroatoms. The molecule has 1 N–H and O–H groups in total. The minimum atomic E-state index is 0.103. The zero-order valence-corrected chi connectivity index (χ0v) is 13.7. The summed E-state index contributed by atoms with van der Waals surface area (Å²) in [4.78, 5) is 12.2. The van der Waals surface area contributed by atoms with E-state index in [0.29, 0.717) is 6.42 Å². The van der Waals surface area contributed by atoms with Gasteiger partial charge in [0.1, 0.15) is 0 Å². The second-order valence-electron chi connectivity index (χ2n) is 5.92. The molecule has 0 unspecified atom stereocenters. The maximum atomic E-state index is 12.2. The highest BCUT2D eigenvalue weighted by atomic mass is 16.1. The Labute approximate surface area is 133 Å². The molecule has 2 aromatic carbocycles. The molecular formula is C20H25NO. The van der Waals surface area contributed by atoms with Crippen LogP contribution in [-0.4, -0.2) is 5.91 Å². The van der Waals surface area contributed by atoms with Gasteiger partial charge < -0.3 is 5.32 Å². The molecule has 0 fully saturated rings. The Kier molecular flexibility index (Phi) is 5.76. The first-order valence-electron chi connectivity index (χ1n) is 8.00. The Morgan fingerprint density at radius 3 is 2.05 bits per heavy atom. The number of hydrogen-bond acceptors (Lipinski definition) is 1. The highest BCUT2D eigenvalue weighted by molar-refractivity contribution is 5.76. The van der Waals surface area contributed by atoms with Gasteiger partial charge in [0.15, 0.2) is 0 Å². The third-order valence-corrected chi connectivity index (χ3v) is 3.98. The zero-order chi connectivity index (χ0) is 15.9. The number of amides is 1. The summed E-state index contributed by atoms with van der Waals surface area (Å²) < 4.78 is 0. The Morgan fingerprint density at radius 1 is 0.955 bits per heavy atom. The summed E-state index contributed by atoms with van der Waals surface area (Å²) in [5.74, 6) is 0.119. The van der Waals surface area contributed by atoms with Crippen molar-refractivity contribution in [3.63, 3.8) is 0 Å². The van der Waals surface area contributed by atoms with Gasteiger partial charge in [0.05, 0.1) is 6.04 Å². The molecule has 1 amide bonds. The third-order valence-electron chi connectivity index (χ3n) is 3.98. The van der Waals surface area contributed by atoms with Crippen LogP contribution in [0.1, 0.15) is 48.1 Å². The molecule has 0 heterocycles. The number of nitrogens with one attached hydrogen (secondary N) is 1. The van der Waals surface area contributed by atoms with Crippen LogP contribution >= 0.6 is 0 Å². The molecule has 0 saturated carbocycles. The summed E-state index contributed by atoms with van der Waals surface area (Å²) in [5.41, 5.74) is 4.88. The molecule has 2 aromatic rings. The molecule has 0 aliphatic carbocycles. The van der Waals surface area contributed by atoms with Crippen LogP contribution in [0.3, 0.4) is 0 Å². The average Bonchev–Trinajstić information content (AvgIpc) is 2.53. The van der Waals surface area contributed by atoms with Gasteiger partial charge in [0, 0.05) is 6.42 Å². The van der Waals surface area contributed by atoms with Crippen molar-refractivity contribution in [2.24, 2.45) is 0 Å². The van der Waals surface area contributed by atoms with E-state index in [4.69, 9.17) is 0 Å². The van der Waals surface area contributed by atoms with Crippen molar-refractivity contribution in [1.82, 2.24) is 5.32 Å². The molecule has 22 heavy (non-hydrogen) atoms. The van der Waals surface area contributed by atoms with Crippen molar-refractivity contribution in [2.45, 2.75) is 46.1 Å². The van der Waals surface area contributed by atoms with Crippen molar-refractivity contribution in [2.75, 3.05) is 0 Å². The molecule has 0 aliphatic rings. The van der Waals surface area contributed by atoms with Crippen LogP contribution in [0.15, 0.2) is 48.5 Å². The van der Waals surface area contributed by atoms with Crippen molar-refractivity contribution in [1.29, 1.82) is 0 Å². The van der Waals surface area contributed by atoms with Crippen LogP contribution < -0.4 is 5.32 Å². The summed E-state index contributed by atoms with van der Waals surface area (Å²) >= 11 is 0. The molecule has 0 radical (unpaired) electrons. The Bertz CT molecular complexity index is 599. The monoisotopic (exact) mass is 295 g/mol. The van der Waals surface area contributed by atoms with E-state index >= 15 is 0 Å². The smallest absolute Gasteiger partial charge is 0.220 e. The Morgan fingerprint density at radius 2 is 1.50 bits per heavy atom. The average molecular weight is 295 g/mol. The molecule has 116 valence electrons. The molecule has 0 aliphatic heterocycles. The van der Waals surface area contributed by atoms with E-state index in [-0.39, 0.29) is 11.9 Å². The first-order chi connectivity index (χ1) is 10.6. The number of carbonyl (C=O) groups is 1. The fraction of sp³-hybridized carbons (Fsp3) is 0.350. The van der Waals surface area contributed by atoms with Crippen LogP contribution in [-0.2, 0) is 11.2 Å². The van der Waals surface area contributed by atoms with E-state index < -0.39 is 0 Å². The summed E-state index contributed by atoms with van der Waals surface area (Å²) in [7, 11) is 0. The number of aryl methyl sites for hydroxylation is 3. The SMILES string of the molecule is CC[C@H](NC(=O)CCc1ccc(C)cc1)c1ccc(C)cc1. The lowest BCUT2D eigenvalue weighted by Crippen LogP contribution is -2.28. The fourth-order valence-electron chi connectivity index (χ4n) is 2.50. The minimum absolute atomic E-state index is 0.103. The van der Waals surface area contributed by atoms with E-state index in [1.165, 1.54) is 22.3 Å². The minimum Gasteiger partial charge on any atom is -0.349 e. The molecule has 2 nitrogen and oxygen atoms in total. The second-order valence-corrected chi connectivity index (χ2v) is 5.92. The standard InChI is InChI=1S/C20H25NO/c1-4-19(18-12-7-16(3)8-13-18)21-20(22)14-11-17-9-5-15(2)6-10-17/h5-10,12-13,19H,4,11,14H2,1-3H3,(H,21,22)/t19-/m0/s1. The molecule has 1 atom stereocenters. The van der Waals surface area contributed by atoms with E-state index in [0.717, 1.165) is 12.8 Å². The fourth-order valence-corrected chi connectivity index (χ4v) is 2.50. The van der Waals surface area contributed by atoms with Crippen LogP contribution in [0.4, 0.5) is 0 Å². The van der Waals surface area contributed by atoms with Crippen LogP contribution in [0, 0.1) is 13.8 Å². The quantitative estimate of drug-likeness (QED) is 0.835. The predicted octanol–water partition coefficient (Wildman–Crippen LogP) is 4.50. The molecule has 2 rings (SSSR count). The zero-order valence-electron chi connectivity index (χ0n) is 13.7. The van der Waals surface area contributed by atoms with Gasteiger partial charge in [-0.2, -0.15) is 0 Å². The predicted molar refractivity (Wildman–Crippen MR) is 91.9 cm³/mol. The van der Waals surface area contributed by atoms with E-state index in [9.17, 15) is 4.79 Å². The number of benzene rings is 2. The van der Waals surface area contributed by atoms with Gasteiger partial charge in [-0.1, -0.05) is 66.6 Å². The van der Waals surface area contributed by atoms with Gasteiger partial charge >= 0.3 is 0 Å². The topological polar surface area (TPSA) is 29.1 Å². The summed E-state index contributed by atoms with van der Waals surface area (Å²) in [6.07, 6.45) is 2.22. The van der Waals surface area contributed by atoms with Crippen molar-refractivity contribution in [3.05, 3.63) is 70.8 Å². The highest BCUT2D eigenvalue weighted by Crippen LogP contribution is 2.17. The lowest BCUT2D eigenvalue weighted by Gasteiger charge is -2.17. The lowest BCUT2D eigenvalue weighted by molar-refractivity contribution is -0.121. The molecule has 0 spiro atoms. The molecule has 0 saturated heterocycles. The maximum Gasteiger partial charge on any atom is 0.220 e. The molecule has 0 aromatic heterocycles. The lowest BCUT2D eigenvalue weighted by atomic mass is 10.0. The van der Waals surface area contributed by atoms with Crippen LogP contribution in [0.5, 0.6) is 0 Å². The summed E-state index contributed by atoms with van der Waals surface area (Å²) in [5, 5.41) is 3.15.